The van der Waals surface area contributed by atoms with Crippen LogP contribution in [0.1, 0.15) is 39.0 Å². The molecule has 3 heteroatoms. The molecule has 17 heavy (non-hydrogen) atoms. The first kappa shape index (κ1) is 11.5. The Balaban J connectivity index is 1.65. The lowest BCUT2D eigenvalue weighted by molar-refractivity contribution is -0.138. The average Bonchev–Trinajstić information content (AvgIpc) is 2.24. The lowest BCUT2D eigenvalue weighted by Crippen LogP contribution is -2.51. The number of aliphatic hydroxyl groups is 1. The van der Waals surface area contributed by atoms with Crippen molar-refractivity contribution in [3.8, 4) is 0 Å². The minimum absolute atomic E-state index is 0.208. The Bertz CT molecular complexity index is 285. The van der Waals surface area contributed by atoms with Crippen molar-refractivity contribution in [2.45, 2.75) is 45.1 Å². The van der Waals surface area contributed by atoms with E-state index < -0.39 is 6.10 Å². The molecule has 0 unspecified atom stereocenters. The predicted octanol–water partition coefficient (Wildman–Crippen LogP) is 1.56. The summed E-state index contributed by atoms with van der Waals surface area (Å²) in [4.78, 5) is 12.2. The van der Waals surface area contributed by atoms with Gasteiger partial charge in [-0.3, -0.25) is 4.79 Å². The van der Waals surface area contributed by atoms with Crippen LogP contribution < -0.4 is 5.32 Å². The fraction of sp³-hybridized carbons (Fsp3) is 0.929. The van der Waals surface area contributed by atoms with Crippen LogP contribution in [0, 0.1) is 29.6 Å². The first-order chi connectivity index (χ1) is 8.13. The van der Waals surface area contributed by atoms with Crippen molar-refractivity contribution < 1.29 is 9.90 Å². The van der Waals surface area contributed by atoms with Crippen molar-refractivity contribution >= 4 is 5.91 Å². The summed E-state index contributed by atoms with van der Waals surface area (Å²) in [5, 5.41) is 12.2. The molecule has 96 valence electrons. The first-order valence-electron chi connectivity index (χ1n) is 7.09. The second kappa shape index (κ2) is 4.27. The van der Waals surface area contributed by atoms with E-state index in [9.17, 15) is 9.90 Å². The zero-order valence-corrected chi connectivity index (χ0v) is 10.6. The SMILES string of the molecule is C[C@H](O)CNC(=O)C1C2CC3CC(C2)CC1C3. The van der Waals surface area contributed by atoms with Gasteiger partial charge in [0.25, 0.3) is 0 Å². The quantitative estimate of drug-likeness (QED) is 0.782. The van der Waals surface area contributed by atoms with E-state index in [4.69, 9.17) is 0 Å². The molecule has 4 fully saturated rings. The fourth-order valence-corrected chi connectivity index (χ4v) is 4.72. The molecule has 2 N–H and O–H groups in total. The van der Waals surface area contributed by atoms with E-state index in [1.165, 1.54) is 32.1 Å². The van der Waals surface area contributed by atoms with Crippen molar-refractivity contribution in [1.29, 1.82) is 0 Å². The van der Waals surface area contributed by atoms with Crippen molar-refractivity contribution in [2.24, 2.45) is 29.6 Å². The van der Waals surface area contributed by atoms with Crippen LogP contribution in [-0.4, -0.2) is 23.7 Å². The maximum absolute atomic E-state index is 12.2. The second-order valence-corrected chi connectivity index (χ2v) is 6.55. The van der Waals surface area contributed by atoms with E-state index in [1.54, 1.807) is 6.92 Å². The number of hydrogen-bond acceptors (Lipinski definition) is 2. The molecule has 4 bridgehead atoms. The monoisotopic (exact) mass is 237 g/mol. The first-order valence-corrected chi connectivity index (χ1v) is 7.09. The van der Waals surface area contributed by atoms with Crippen LogP contribution >= 0.6 is 0 Å². The normalized spacial score (nSPS) is 44.7. The highest BCUT2D eigenvalue weighted by atomic mass is 16.3. The summed E-state index contributed by atoms with van der Waals surface area (Å²) < 4.78 is 0. The molecule has 4 aliphatic carbocycles. The topological polar surface area (TPSA) is 49.3 Å². The third-order valence-electron chi connectivity index (χ3n) is 5.10. The Kier molecular flexibility index (Phi) is 2.89. The van der Waals surface area contributed by atoms with Gasteiger partial charge in [0.1, 0.15) is 0 Å². The molecule has 0 aliphatic heterocycles. The molecule has 0 spiro atoms. The molecule has 0 aromatic heterocycles. The molecule has 0 saturated heterocycles. The Labute approximate surface area is 103 Å². The second-order valence-electron chi connectivity index (χ2n) is 6.55. The van der Waals surface area contributed by atoms with E-state index >= 15 is 0 Å². The Hall–Kier alpha value is -0.570. The van der Waals surface area contributed by atoms with Gasteiger partial charge in [-0.15, -0.1) is 0 Å². The number of hydrogen-bond donors (Lipinski definition) is 2. The van der Waals surface area contributed by atoms with Gasteiger partial charge in [0.15, 0.2) is 0 Å². The summed E-state index contributed by atoms with van der Waals surface area (Å²) in [5.41, 5.74) is 0. The fourth-order valence-electron chi connectivity index (χ4n) is 4.72. The van der Waals surface area contributed by atoms with Crippen LogP contribution in [0.5, 0.6) is 0 Å². The predicted molar refractivity (Wildman–Crippen MR) is 65.2 cm³/mol. The van der Waals surface area contributed by atoms with Gasteiger partial charge in [0.2, 0.25) is 5.91 Å². The molecule has 0 aromatic rings. The number of carbonyl (C=O) groups is 1. The molecular weight excluding hydrogens is 214 g/mol. The summed E-state index contributed by atoms with van der Waals surface area (Å²) in [6.07, 6.45) is 6.10. The van der Waals surface area contributed by atoms with Crippen molar-refractivity contribution in [1.82, 2.24) is 5.32 Å². The third kappa shape index (κ3) is 2.10. The van der Waals surface area contributed by atoms with Gasteiger partial charge in [-0.25, -0.2) is 0 Å². The van der Waals surface area contributed by atoms with Gasteiger partial charge in [-0.2, -0.15) is 0 Å². The zero-order valence-electron chi connectivity index (χ0n) is 10.6. The third-order valence-corrected chi connectivity index (χ3v) is 5.10. The Morgan fingerprint density at radius 2 is 1.71 bits per heavy atom. The molecule has 1 amide bonds. The Morgan fingerprint density at radius 1 is 1.18 bits per heavy atom. The highest BCUT2D eigenvalue weighted by Gasteiger charge is 2.50. The van der Waals surface area contributed by atoms with E-state index in [1.807, 2.05) is 0 Å². The minimum atomic E-state index is -0.434. The highest BCUT2D eigenvalue weighted by Crippen LogP contribution is 2.56. The number of nitrogens with one attached hydrogen (secondary N) is 1. The van der Waals surface area contributed by atoms with E-state index in [0.717, 1.165) is 11.8 Å². The smallest absolute Gasteiger partial charge is 0.223 e. The van der Waals surface area contributed by atoms with Crippen LogP contribution in [0.2, 0.25) is 0 Å². The molecule has 4 rings (SSSR count). The summed E-state index contributed by atoms with van der Waals surface area (Å²) in [6, 6.07) is 0. The zero-order chi connectivity index (χ0) is 12.0. The van der Waals surface area contributed by atoms with Gasteiger partial charge in [-0.05, 0) is 62.7 Å². The largest absolute Gasteiger partial charge is 0.392 e. The van der Waals surface area contributed by atoms with Crippen molar-refractivity contribution in [2.75, 3.05) is 6.54 Å². The van der Waals surface area contributed by atoms with Gasteiger partial charge < -0.3 is 10.4 Å². The van der Waals surface area contributed by atoms with E-state index in [-0.39, 0.29) is 11.8 Å². The lowest BCUT2D eigenvalue weighted by Gasteiger charge is -2.53. The molecule has 4 aliphatic rings. The van der Waals surface area contributed by atoms with Crippen LogP contribution in [0.15, 0.2) is 0 Å². The maximum Gasteiger partial charge on any atom is 0.223 e. The van der Waals surface area contributed by atoms with Crippen LogP contribution in [-0.2, 0) is 4.79 Å². The van der Waals surface area contributed by atoms with Crippen LogP contribution in [0.25, 0.3) is 0 Å². The van der Waals surface area contributed by atoms with Crippen molar-refractivity contribution in [3.63, 3.8) is 0 Å². The van der Waals surface area contributed by atoms with E-state index in [0.29, 0.717) is 18.4 Å². The lowest BCUT2D eigenvalue weighted by atomic mass is 9.51. The maximum atomic E-state index is 12.2. The van der Waals surface area contributed by atoms with Gasteiger partial charge in [0, 0.05) is 12.5 Å². The summed E-state index contributed by atoms with van der Waals surface area (Å²) in [5.74, 6) is 3.57. The van der Waals surface area contributed by atoms with Crippen molar-refractivity contribution in [3.05, 3.63) is 0 Å². The number of aliphatic hydroxyl groups excluding tert-OH is 1. The van der Waals surface area contributed by atoms with Gasteiger partial charge in [-0.1, -0.05) is 0 Å². The molecule has 1 atom stereocenters. The summed E-state index contributed by atoms with van der Waals surface area (Å²) >= 11 is 0. The number of rotatable bonds is 3. The summed E-state index contributed by atoms with van der Waals surface area (Å²) in [7, 11) is 0. The minimum Gasteiger partial charge on any atom is -0.392 e. The molecule has 3 nitrogen and oxygen atoms in total. The average molecular weight is 237 g/mol. The number of carbonyl (C=O) groups excluding carboxylic acids is 1. The summed E-state index contributed by atoms with van der Waals surface area (Å²) in [6.45, 7) is 2.12. The standard InChI is InChI=1S/C14H23NO2/c1-8(16)7-15-14(17)13-11-3-9-2-10(5-11)6-12(13)4-9/h8-13,16H,2-7H2,1H3,(H,15,17)/t8-,9?,10?,11?,12?,13?/m0/s1. The Morgan fingerprint density at radius 3 is 2.18 bits per heavy atom. The molecule has 0 heterocycles. The van der Waals surface area contributed by atoms with Gasteiger partial charge >= 0.3 is 0 Å². The van der Waals surface area contributed by atoms with Gasteiger partial charge in [0.05, 0.1) is 6.10 Å². The molecule has 4 saturated carbocycles. The highest BCUT2D eigenvalue weighted by molar-refractivity contribution is 5.79. The van der Waals surface area contributed by atoms with Crippen LogP contribution in [0.3, 0.4) is 0 Å². The van der Waals surface area contributed by atoms with Crippen LogP contribution in [0.4, 0.5) is 0 Å². The molecule has 0 radical (unpaired) electrons. The number of amides is 1. The molecule has 0 aromatic carbocycles. The van der Waals surface area contributed by atoms with E-state index in [2.05, 4.69) is 5.32 Å². The molecular formula is C14H23NO2.